The van der Waals surface area contributed by atoms with Gasteiger partial charge in [-0.2, -0.15) is 5.10 Å². The minimum atomic E-state index is -1.05. The van der Waals surface area contributed by atoms with E-state index in [4.69, 9.17) is 10.6 Å². The number of nitrogens with one attached hydrogen (secondary N) is 1. The number of hydrogen-bond donors (Lipinski definition) is 3. The highest BCUT2D eigenvalue weighted by Crippen LogP contribution is 2.32. The molecule has 168 valence electrons. The van der Waals surface area contributed by atoms with Crippen molar-refractivity contribution in [2.75, 3.05) is 7.05 Å². The van der Waals surface area contributed by atoms with Gasteiger partial charge in [0.05, 0.1) is 31.1 Å². The van der Waals surface area contributed by atoms with Crippen LogP contribution in [0, 0.1) is 0 Å². The van der Waals surface area contributed by atoms with Crippen LogP contribution in [0.1, 0.15) is 48.0 Å². The first-order chi connectivity index (χ1) is 15.4. The number of nitrogens with two attached hydrogens (primary N) is 1. The maximum absolute atomic E-state index is 12.7. The normalized spacial score (nSPS) is 19.4. The molecule has 1 aromatic heterocycles. The largest absolute Gasteiger partial charge is 0.481 e. The highest BCUT2D eigenvalue weighted by atomic mass is 16.6. The topological polar surface area (TPSA) is 147 Å². The molecule has 0 spiro atoms. The van der Waals surface area contributed by atoms with E-state index in [0.29, 0.717) is 12.0 Å². The molecule has 4 N–H and O–H groups in total. The number of carboxylic acids is 1. The summed E-state index contributed by atoms with van der Waals surface area (Å²) in [5.41, 5.74) is 2.30. The molecule has 1 fully saturated rings. The van der Waals surface area contributed by atoms with Gasteiger partial charge in [0.2, 0.25) is 5.91 Å². The molecule has 10 nitrogen and oxygen atoms in total. The van der Waals surface area contributed by atoms with Crippen LogP contribution in [0.3, 0.4) is 0 Å². The fourth-order valence-electron chi connectivity index (χ4n) is 3.65. The van der Waals surface area contributed by atoms with E-state index in [0.717, 1.165) is 11.1 Å². The van der Waals surface area contributed by atoms with Crippen molar-refractivity contribution in [1.82, 2.24) is 15.2 Å². The highest BCUT2D eigenvalue weighted by Gasteiger charge is 2.35. The summed E-state index contributed by atoms with van der Waals surface area (Å²) in [6.45, 7) is 0. The van der Waals surface area contributed by atoms with Crippen LogP contribution in [0.15, 0.2) is 53.9 Å². The Bertz CT molecular complexity index is 980. The third-order valence-electron chi connectivity index (χ3n) is 5.27. The van der Waals surface area contributed by atoms with Crippen LogP contribution in [-0.4, -0.2) is 52.3 Å². The maximum atomic E-state index is 12.7. The number of hydrogen-bond acceptors (Lipinski definition) is 7. The summed E-state index contributed by atoms with van der Waals surface area (Å²) >= 11 is 0. The molecule has 2 amide bonds. The number of carbonyl (C=O) groups excluding carboxylic acids is 2. The molecule has 0 radical (unpaired) electrons. The Morgan fingerprint density at radius 1 is 1.38 bits per heavy atom. The van der Waals surface area contributed by atoms with Crippen LogP contribution in [0.5, 0.6) is 0 Å². The van der Waals surface area contributed by atoms with Gasteiger partial charge in [-0.05, 0) is 22.8 Å². The average Bonchev–Trinajstić information content (AvgIpc) is 2.77. The molecule has 1 aliphatic rings. The van der Waals surface area contributed by atoms with Gasteiger partial charge in [0.1, 0.15) is 6.10 Å². The van der Waals surface area contributed by atoms with Gasteiger partial charge in [0.25, 0.3) is 0 Å². The van der Waals surface area contributed by atoms with E-state index in [9.17, 15) is 19.5 Å². The SMILES string of the molecule is CN1C(=O)O[C@@H](CC(=O)N[C@@H](CC(=O)O)c2cccnc2)C[C@H]1c1ccc(C=NN)cc1. The second kappa shape index (κ2) is 10.4. The molecule has 2 aromatic rings. The number of aliphatic carboxylic acids is 1. The Labute approximate surface area is 185 Å². The van der Waals surface area contributed by atoms with Gasteiger partial charge in [-0.25, -0.2) is 4.79 Å². The Morgan fingerprint density at radius 3 is 2.75 bits per heavy atom. The molecule has 0 bridgehead atoms. The minimum Gasteiger partial charge on any atom is -0.481 e. The van der Waals surface area contributed by atoms with E-state index in [1.807, 2.05) is 24.3 Å². The molecular formula is C22H25N5O5. The molecule has 1 aromatic carbocycles. The number of rotatable bonds is 8. The van der Waals surface area contributed by atoms with E-state index < -0.39 is 30.1 Å². The Kier molecular flexibility index (Phi) is 7.37. The van der Waals surface area contributed by atoms with Crippen molar-refractivity contribution >= 4 is 24.2 Å². The lowest BCUT2D eigenvalue weighted by Crippen LogP contribution is -2.44. The number of amides is 2. The number of benzene rings is 1. The second-order valence-corrected chi connectivity index (χ2v) is 7.52. The second-order valence-electron chi connectivity index (χ2n) is 7.52. The first-order valence-electron chi connectivity index (χ1n) is 10.0. The quantitative estimate of drug-likeness (QED) is 0.324. The minimum absolute atomic E-state index is 0.0790. The van der Waals surface area contributed by atoms with Crippen molar-refractivity contribution < 1.29 is 24.2 Å². The third-order valence-corrected chi connectivity index (χ3v) is 5.27. The predicted molar refractivity (Wildman–Crippen MR) is 116 cm³/mol. The molecule has 3 atom stereocenters. The molecule has 32 heavy (non-hydrogen) atoms. The van der Waals surface area contributed by atoms with E-state index >= 15 is 0 Å². The van der Waals surface area contributed by atoms with E-state index in [1.54, 1.807) is 25.4 Å². The first-order valence-corrected chi connectivity index (χ1v) is 10.0. The van der Waals surface area contributed by atoms with Crippen LogP contribution >= 0.6 is 0 Å². The van der Waals surface area contributed by atoms with Gasteiger partial charge in [-0.3, -0.25) is 14.6 Å². The lowest BCUT2D eigenvalue weighted by atomic mass is 9.95. The zero-order valence-electron chi connectivity index (χ0n) is 17.5. The zero-order chi connectivity index (χ0) is 23.1. The molecule has 10 heteroatoms. The number of pyridine rings is 1. The molecule has 0 aliphatic carbocycles. The molecular weight excluding hydrogens is 414 g/mol. The Hall–Kier alpha value is -3.95. The van der Waals surface area contributed by atoms with E-state index in [2.05, 4.69) is 15.4 Å². The smallest absolute Gasteiger partial charge is 0.410 e. The van der Waals surface area contributed by atoms with Gasteiger partial charge in [0, 0.05) is 25.9 Å². The molecule has 1 saturated heterocycles. The monoisotopic (exact) mass is 439 g/mol. The van der Waals surface area contributed by atoms with Gasteiger partial charge in [-0.15, -0.1) is 0 Å². The van der Waals surface area contributed by atoms with Crippen LogP contribution in [0.2, 0.25) is 0 Å². The standard InChI is InChI=1S/C22H25N5O5/c1-27-19(15-6-4-14(5-7-15)12-25-23)9-17(32-22(27)31)10-20(28)26-18(11-21(29)30)16-3-2-8-24-13-16/h2-8,12-13,17-19H,9-11,23H2,1H3,(H,26,28)(H,29,30)/t17-,18+,19+/m1/s1. The van der Waals surface area contributed by atoms with Crippen molar-refractivity contribution in [2.24, 2.45) is 10.9 Å². The van der Waals surface area contributed by atoms with Crippen molar-refractivity contribution in [1.29, 1.82) is 0 Å². The van der Waals surface area contributed by atoms with Crippen molar-refractivity contribution in [3.63, 3.8) is 0 Å². The molecule has 0 unspecified atom stereocenters. The fraction of sp³-hybridized carbons (Fsp3) is 0.318. The fourth-order valence-corrected chi connectivity index (χ4v) is 3.65. The lowest BCUT2D eigenvalue weighted by Gasteiger charge is -2.37. The zero-order valence-corrected chi connectivity index (χ0v) is 17.5. The van der Waals surface area contributed by atoms with Gasteiger partial charge in [-0.1, -0.05) is 30.3 Å². The predicted octanol–water partition coefficient (Wildman–Crippen LogP) is 1.98. The van der Waals surface area contributed by atoms with Crippen LogP contribution < -0.4 is 11.2 Å². The summed E-state index contributed by atoms with van der Waals surface area (Å²) in [7, 11) is 1.64. The van der Waals surface area contributed by atoms with E-state index in [1.165, 1.54) is 17.3 Å². The van der Waals surface area contributed by atoms with Crippen molar-refractivity contribution in [3.05, 3.63) is 65.5 Å². The number of nitrogens with zero attached hydrogens (tertiary/aromatic N) is 3. The Balaban J connectivity index is 1.68. The summed E-state index contributed by atoms with van der Waals surface area (Å²) in [6.07, 6.45) is 3.47. The average molecular weight is 439 g/mol. The van der Waals surface area contributed by atoms with Crippen LogP contribution in [-0.2, 0) is 14.3 Å². The number of ether oxygens (including phenoxy) is 1. The number of aromatic nitrogens is 1. The number of carbonyl (C=O) groups is 3. The summed E-state index contributed by atoms with van der Waals surface area (Å²) in [4.78, 5) is 41.8. The van der Waals surface area contributed by atoms with Gasteiger partial charge < -0.3 is 25.9 Å². The third kappa shape index (κ3) is 5.81. The number of carboxylic acid groups (broad SMARTS) is 1. The molecule has 3 rings (SSSR count). The lowest BCUT2D eigenvalue weighted by molar-refractivity contribution is -0.137. The number of hydrazone groups is 1. The maximum Gasteiger partial charge on any atom is 0.410 e. The summed E-state index contributed by atoms with van der Waals surface area (Å²) in [5.74, 6) is 3.72. The molecule has 0 saturated carbocycles. The van der Waals surface area contributed by atoms with Crippen LogP contribution in [0.25, 0.3) is 0 Å². The summed E-state index contributed by atoms with van der Waals surface area (Å²) in [5, 5.41) is 15.4. The molecule has 2 heterocycles. The van der Waals surface area contributed by atoms with Crippen molar-refractivity contribution in [3.8, 4) is 0 Å². The summed E-state index contributed by atoms with van der Waals surface area (Å²) < 4.78 is 5.41. The van der Waals surface area contributed by atoms with Crippen molar-refractivity contribution in [2.45, 2.75) is 37.5 Å². The van der Waals surface area contributed by atoms with Crippen LogP contribution in [0.4, 0.5) is 4.79 Å². The Morgan fingerprint density at radius 2 is 2.12 bits per heavy atom. The number of cyclic esters (lactones) is 1. The highest BCUT2D eigenvalue weighted by molar-refractivity contribution is 5.80. The first kappa shape index (κ1) is 22.7. The summed E-state index contributed by atoms with van der Waals surface area (Å²) in [6, 6.07) is 9.79. The van der Waals surface area contributed by atoms with Gasteiger partial charge in [0.15, 0.2) is 0 Å². The van der Waals surface area contributed by atoms with E-state index in [-0.39, 0.29) is 18.9 Å². The van der Waals surface area contributed by atoms with Gasteiger partial charge >= 0.3 is 12.1 Å². The molecule has 1 aliphatic heterocycles.